The summed E-state index contributed by atoms with van der Waals surface area (Å²) in [6.07, 6.45) is 31.9. The number of nitrogens with zero attached hydrogens (tertiary/aromatic N) is 3. The molecule has 1 aromatic rings. The van der Waals surface area contributed by atoms with Crippen LogP contribution in [0.25, 0.3) is 11.1 Å². The molecule has 0 aromatic carbocycles. The Morgan fingerprint density at radius 2 is 1.27 bits per heavy atom. The van der Waals surface area contributed by atoms with Crippen molar-refractivity contribution >= 4 is 34.6 Å². The Balaban J connectivity index is 1.71. The summed E-state index contributed by atoms with van der Waals surface area (Å²) in [7, 11) is 0. The van der Waals surface area contributed by atoms with E-state index in [0.29, 0.717) is 0 Å². The van der Waals surface area contributed by atoms with Crippen LogP contribution in [0.15, 0.2) is 122 Å². The first-order valence-electron chi connectivity index (χ1n) is 16.0. The van der Waals surface area contributed by atoms with E-state index < -0.39 is 0 Å². The molecular weight excluding hydrogens is 544 g/mol. The second-order valence-corrected chi connectivity index (χ2v) is 11.3. The highest BCUT2D eigenvalue weighted by Crippen LogP contribution is 2.34. The number of aromatic nitrogens is 1. The van der Waals surface area contributed by atoms with E-state index in [9.17, 15) is 9.90 Å². The zero-order valence-corrected chi connectivity index (χ0v) is 25.9. The number of fused-ring (bicyclic) bond motifs is 5. The Bertz CT molecular complexity index is 1640. The van der Waals surface area contributed by atoms with Crippen LogP contribution < -0.4 is 0 Å². The largest absolute Gasteiger partial charge is 0.516 e. The molecule has 6 heteroatoms. The highest BCUT2D eigenvalue weighted by Gasteiger charge is 2.23. The van der Waals surface area contributed by atoms with E-state index in [1.54, 1.807) is 6.08 Å². The highest BCUT2D eigenvalue weighted by molar-refractivity contribution is 6.33. The van der Waals surface area contributed by atoms with Gasteiger partial charge in [-0.1, -0.05) is 52.4 Å². The molecule has 8 bridgehead atoms. The van der Waals surface area contributed by atoms with Crippen LogP contribution in [0, 0.1) is 0 Å². The van der Waals surface area contributed by atoms with Crippen LogP contribution in [0.3, 0.4) is 0 Å². The lowest BCUT2D eigenvalue weighted by atomic mass is 10.00. The van der Waals surface area contributed by atoms with Crippen LogP contribution in [-0.4, -0.2) is 33.5 Å². The summed E-state index contributed by atoms with van der Waals surface area (Å²) in [4.78, 5) is 30.4. The van der Waals surface area contributed by atoms with E-state index in [4.69, 9.17) is 15.0 Å². The third-order valence-corrected chi connectivity index (χ3v) is 8.23. The molecule has 4 aliphatic rings. The van der Waals surface area contributed by atoms with Gasteiger partial charge >= 0.3 is 0 Å². The number of unbranched alkanes of at least 4 members (excludes halogenated alkanes) is 6. The number of aldehydes is 1. The van der Waals surface area contributed by atoms with Crippen LogP contribution in [-0.2, 0) is 4.79 Å². The Morgan fingerprint density at radius 1 is 0.682 bits per heavy atom. The van der Waals surface area contributed by atoms with Crippen molar-refractivity contribution in [2.75, 3.05) is 0 Å². The van der Waals surface area contributed by atoms with E-state index in [0.717, 1.165) is 119 Å². The molecule has 5 rings (SSSR count). The van der Waals surface area contributed by atoms with E-state index in [2.05, 4.69) is 49.2 Å². The minimum Gasteiger partial charge on any atom is -0.516 e. The molecule has 0 unspecified atom stereocenters. The van der Waals surface area contributed by atoms with Crippen molar-refractivity contribution in [1.82, 2.24) is 4.98 Å². The lowest BCUT2D eigenvalue weighted by molar-refractivity contribution is -0.104. The molecule has 0 fully saturated rings. The fraction of sp³-hybridized carbons (Fsp3) is 0.316. The fourth-order valence-electron chi connectivity index (χ4n) is 5.90. The normalized spacial score (nSPS) is 18.6. The Hall–Kier alpha value is -4.58. The molecule has 0 aliphatic carbocycles. The van der Waals surface area contributed by atoms with Gasteiger partial charge in [-0.3, -0.25) is 4.79 Å². The van der Waals surface area contributed by atoms with Crippen molar-refractivity contribution in [1.29, 1.82) is 0 Å². The summed E-state index contributed by atoms with van der Waals surface area (Å²) in [6.45, 7) is 4.44. The van der Waals surface area contributed by atoms with Gasteiger partial charge in [0.2, 0.25) is 0 Å². The molecular formula is C38H42N4O2. The number of aliphatic imine (C=N–C) groups is 3. The first-order valence-corrected chi connectivity index (χ1v) is 16.0. The van der Waals surface area contributed by atoms with E-state index in [1.807, 2.05) is 30.4 Å². The smallest absolute Gasteiger partial charge is 0.142 e. The van der Waals surface area contributed by atoms with Gasteiger partial charge in [-0.15, -0.1) is 0 Å². The molecule has 0 amide bonds. The average Bonchev–Trinajstić information content (AvgIpc) is 3.86. The molecule has 5 heterocycles. The second-order valence-electron chi connectivity index (χ2n) is 11.3. The minimum absolute atomic E-state index is 0.804. The van der Waals surface area contributed by atoms with Crippen molar-refractivity contribution in [3.8, 4) is 0 Å². The molecule has 0 atom stereocenters. The standard InChI is InChI=1S/C38H42N4O2/c1-3-5-7-9-13-27-31-17-21-35(39-31)29(15-11-25-43)37-23-19-33(41-37)28(14-10-8-6-4-2)34-20-24-38(42-34)30(16-12-26-44)36-22-18-32(27)40-36/h11-12,15-26,39,44H,3-10,13-14H2,1-2H3/b15-11+,26-12-,30-16+,32-27?,34-28?,37-29?. The van der Waals surface area contributed by atoms with Crippen LogP contribution in [0.1, 0.15) is 89.4 Å². The van der Waals surface area contributed by atoms with Gasteiger partial charge in [-0.05, 0) is 98.6 Å². The number of aliphatic hydroxyl groups is 1. The van der Waals surface area contributed by atoms with Gasteiger partial charge in [0.15, 0.2) is 0 Å². The van der Waals surface area contributed by atoms with E-state index in [-0.39, 0.29) is 0 Å². The lowest BCUT2D eigenvalue weighted by Gasteiger charge is -2.10. The van der Waals surface area contributed by atoms with Crippen LogP contribution in [0.4, 0.5) is 0 Å². The molecule has 1 aromatic heterocycles. The maximum atomic E-state index is 11.4. The van der Waals surface area contributed by atoms with Gasteiger partial charge < -0.3 is 10.1 Å². The third-order valence-electron chi connectivity index (χ3n) is 8.23. The van der Waals surface area contributed by atoms with Crippen LogP contribution >= 0.6 is 0 Å². The minimum atomic E-state index is 0.804. The number of H-pyrrole nitrogens is 1. The van der Waals surface area contributed by atoms with Gasteiger partial charge in [0.05, 0.1) is 40.5 Å². The number of carbonyl (C=O) groups excluding carboxylic acids is 1. The molecule has 44 heavy (non-hydrogen) atoms. The zero-order chi connectivity index (χ0) is 30.7. The number of carbonyl (C=O) groups is 1. The van der Waals surface area contributed by atoms with Crippen molar-refractivity contribution in [2.45, 2.75) is 78.1 Å². The summed E-state index contributed by atoms with van der Waals surface area (Å²) >= 11 is 0. The molecule has 0 saturated heterocycles. The molecule has 226 valence electrons. The SMILES string of the molecule is CCCCCCC1=C2C=CC(=N2)/C(=C/C=C\O)C2=NC(=C(CCCCCC)c3ccc([nH]3)C(/C=C/C=O)=C3C=CC1=N3)C=C2. The average molecular weight is 587 g/mol. The Labute approximate surface area is 260 Å². The zero-order valence-electron chi connectivity index (χ0n) is 25.9. The summed E-state index contributed by atoms with van der Waals surface area (Å²) in [6, 6.07) is 4.18. The number of rotatable bonds is 13. The van der Waals surface area contributed by atoms with Gasteiger partial charge in [-0.25, -0.2) is 15.0 Å². The second kappa shape index (κ2) is 15.2. The van der Waals surface area contributed by atoms with Gasteiger partial charge in [0, 0.05) is 33.7 Å². The quantitative estimate of drug-likeness (QED) is 0.104. The van der Waals surface area contributed by atoms with Gasteiger partial charge in [0.25, 0.3) is 0 Å². The van der Waals surface area contributed by atoms with Crippen LogP contribution in [0.5, 0.6) is 0 Å². The Morgan fingerprint density at radius 3 is 1.93 bits per heavy atom. The van der Waals surface area contributed by atoms with E-state index in [1.165, 1.54) is 31.8 Å². The predicted molar refractivity (Wildman–Crippen MR) is 184 cm³/mol. The van der Waals surface area contributed by atoms with Crippen molar-refractivity contribution in [2.24, 2.45) is 15.0 Å². The summed E-state index contributed by atoms with van der Waals surface area (Å²) in [5.74, 6) is 0. The van der Waals surface area contributed by atoms with Crippen molar-refractivity contribution < 1.29 is 9.90 Å². The summed E-state index contributed by atoms with van der Waals surface area (Å²) in [5, 5.41) is 9.52. The third kappa shape index (κ3) is 7.13. The number of hydrogen-bond acceptors (Lipinski definition) is 5. The maximum absolute atomic E-state index is 11.4. The number of aromatic amines is 1. The number of nitrogens with one attached hydrogen (secondary N) is 1. The molecule has 6 nitrogen and oxygen atoms in total. The van der Waals surface area contributed by atoms with Gasteiger partial charge in [-0.2, -0.15) is 0 Å². The lowest BCUT2D eigenvalue weighted by Crippen LogP contribution is -2.07. The summed E-state index contributed by atoms with van der Waals surface area (Å²) in [5.41, 5.74) is 11.0. The van der Waals surface area contributed by atoms with Crippen LogP contribution in [0.2, 0.25) is 0 Å². The Kier molecular flexibility index (Phi) is 10.7. The molecule has 0 spiro atoms. The first kappa shape index (κ1) is 30.9. The highest BCUT2D eigenvalue weighted by atomic mass is 16.2. The monoisotopic (exact) mass is 586 g/mol. The molecule has 0 radical (unpaired) electrons. The van der Waals surface area contributed by atoms with Crippen molar-refractivity contribution in [3.63, 3.8) is 0 Å². The predicted octanol–water partition coefficient (Wildman–Crippen LogP) is 9.43. The topological polar surface area (TPSA) is 90.2 Å². The number of aliphatic hydroxyl groups excluding tert-OH is 1. The van der Waals surface area contributed by atoms with Crippen molar-refractivity contribution in [3.05, 3.63) is 119 Å². The maximum Gasteiger partial charge on any atom is 0.142 e. The molecule has 4 aliphatic heterocycles. The molecule has 0 saturated carbocycles. The molecule has 2 N–H and O–H groups in total. The van der Waals surface area contributed by atoms with Gasteiger partial charge in [0.1, 0.15) is 6.29 Å². The number of hydrogen-bond donors (Lipinski definition) is 2. The summed E-state index contributed by atoms with van der Waals surface area (Å²) < 4.78 is 0. The fourth-order valence-corrected chi connectivity index (χ4v) is 5.90. The first-order chi connectivity index (χ1) is 21.7. The van der Waals surface area contributed by atoms with E-state index >= 15 is 0 Å². The number of allylic oxidation sites excluding steroid dienone is 14.